The first kappa shape index (κ1) is 23.2. The van der Waals surface area contributed by atoms with Crippen molar-refractivity contribution in [2.24, 2.45) is 0 Å². The van der Waals surface area contributed by atoms with Gasteiger partial charge in [0, 0.05) is 6.07 Å². The highest BCUT2D eigenvalue weighted by Crippen LogP contribution is 2.21. The van der Waals surface area contributed by atoms with E-state index in [-0.39, 0.29) is 11.6 Å². The van der Waals surface area contributed by atoms with Gasteiger partial charge in [0.05, 0.1) is 14.2 Å². The first-order chi connectivity index (χ1) is 13.3. The van der Waals surface area contributed by atoms with Gasteiger partial charge >= 0.3 is 0 Å². The van der Waals surface area contributed by atoms with Crippen LogP contribution in [0.2, 0.25) is 0 Å². The van der Waals surface area contributed by atoms with Crippen molar-refractivity contribution in [1.29, 1.82) is 0 Å². The maximum atomic E-state index is 12.6. The third-order valence-electron chi connectivity index (χ3n) is 4.11. The summed E-state index contributed by atoms with van der Waals surface area (Å²) in [4.78, 5) is 0. The topological polar surface area (TPSA) is 18.5 Å². The van der Waals surface area contributed by atoms with Crippen LogP contribution >= 0.6 is 0 Å². The molecule has 3 aromatic rings. The van der Waals surface area contributed by atoms with Gasteiger partial charge in [-0.1, -0.05) is 30.3 Å². The van der Waals surface area contributed by atoms with Gasteiger partial charge in [0.2, 0.25) is 0 Å². The largest absolute Gasteiger partial charge is 0.497 e. The summed E-state index contributed by atoms with van der Waals surface area (Å²) in [6.07, 6.45) is 0. The van der Waals surface area contributed by atoms with Crippen LogP contribution in [0.25, 0.3) is 0 Å². The minimum absolute atomic E-state index is 0.116. The van der Waals surface area contributed by atoms with Crippen molar-refractivity contribution in [3.05, 3.63) is 94.6 Å². The van der Waals surface area contributed by atoms with Crippen LogP contribution in [0.15, 0.2) is 60.7 Å². The minimum Gasteiger partial charge on any atom is -0.497 e. The van der Waals surface area contributed by atoms with Crippen molar-refractivity contribution >= 4 is 0 Å². The maximum absolute atomic E-state index is 12.6. The van der Waals surface area contributed by atoms with Crippen LogP contribution in [0.3, 0.4) is 0 Å². The first-order valence-electron chi connectivity index (χ1n) is 8.91. The smallest absolute Gasteiger partial charge is 0.126 e. The number of aryl methyl sites for hydroxylation is 3. The Bertz CT molecular complexity index is 813. The molecule has 0 aliphatic rings. The number of ether oxygens (including phenoxy) is 2. The van der Waals surface area contributed by atoms with Gasteiger partial charge < -0.3 is 9.47 Å². The first-order valence-corrected chi connectivity index (χ1v) is 8.91. The van der Waals surface area contributed by atoms with E-state index < -0.39 is 0 Å². The molecule has 0 bridgehead atoms. The molecular weight excluding hydrogens is 358 g/mol. The zero-order valence-corrected chi connectivity index (χ0v) is 17.3. The van der Waals surface area contributed by atoms with Gasteiger partial charge in [-0.25, -0.2) is 8.78 Å². The molecular formula is C24H28F2O2. The molecule has 3 aromatic carbocycles. The number of benzene rings is 3. The predicted octanol–water partition coefficient (Wildman–Crippen LogP) is 6.59. The van der Waals surface area contributed by atoms with E-state index in [0.29, 0.717) is 5.56 Å². The average Bonchev–Trinajstić information content (AvgIpc) is 2.69. The van der Waals surface area contributed by atoms with Crippen molar-refractivity contribution in [2.45, 2.75) is 27.7 Å². The number of halogens is 2. The van der Waals surface area contributed by atoms with E-state index in [1.54, 1.807) is 46.3 Å². The molecule has 0 aromatic heterocycles. The Morgan fingerprint density at radius 2 is 1.11 bits per heavy atom. The monoisotopic (exact) mass is 386 g/mol. The van der Waals surface area contributed by atoms with Gasteiger partial charge in [-0.3, -0.25) is 0 Å². The Morgan fingerprint density at radius 3 is 1.50 bits per heavy atom. The molecule has 0 N–H and O–H groups in total. The fraction of sp³-hybridized carbons (Fsp3) is 0.250. The van der Waals surface area contributed by atoms with Crippen molar-refractivity contribution in [2.75, 3.05) is 14.2 Å². The molecule has 0 saturated heterocycles. The lowest BCUT2D eigenvalue weighted by molar-refractivity contribution is 0.394. The highest BCUT2D eigenvalue weighted by Gasteiger charge is 1.97. The van der Waals surface area contributed by atoms with Crippen LogP contribution < -0.4 is 9.47 Å². The normalized spacial score (nSPS) is 9.43. The number of hydrogen-bond donors (Lipinski definition) is 0. The highest BCUT2D eigenvalue weighted by atomic mass is 19.1. The molecule has 28 heavy (non-hydrogen) atoms. The molecule has 0 aliphatic carbocycles. The van der Waals surface area contributed by atoms with Crippen molar-refractivity contribution < 1.29 is 18.3 Å². The lowest BCUT2D eigenvalue weighted by Crippen LogP contribution is -1.87. The van der Waals surface area contributed by atoms with Crippen LogP contribution in [-0.4, -0.2) is 14.2 Å². The Kier molecular flexibility index (Phi) is 9.72. The van der Waals surface area contributed by atoms with E-state index in [9.17, 15) is 8.78 Å². The van der Waals surface area contributed by atoms with Crippen LogP contribution in [-0.2, 0) is 0 Å². The molecule has 0 aliphatic heterocycles. The molecule has 0 heterocycles. The third-order valence-corrected chi connectivity index (χ3v) is 4.11. The van der Waals surface area contributed by atoms with Crippen molar-refractivity contribution in [3.8, 4) is 11.5 Å². The Morgan fingerprint density at radius 1 is 0.607 bits per heavy atom. The molecule has 3 rings (SSSR count). The number of hydrogen-bond acceptors (Lipinski definition) is 2. The number of rotatable bonds is 2. The van der Waals surface area contributed by atoms with Crippen molar-refractivity contribution in [3.63, 3.8) is 0 Å². The molecule has 0 unspecified atom stereocenters. The fourth-order valence-electron chi connectivity index (χ4n) is 2.22. The van der Waals surface area contributed by atoms with Gasteiger partial charge in [-0.2, -0.15) is 0 Å². The molecule has 0 spiro atoms. The summed E-state index contributed by atoms with van der Waals surface area (Å²) in [6, 6.07) is 17.6. The van der Waals surface area contributed by atoms with E-state index in [1.807, 2.05) is 44.2 Å². The van der Waals surface area contributed by atoms with Gasteiger partial charge in [-0.15, -0.1) is 0 Å². The summed E-state index contributed by atoms with van der Waals surface area (Å²) in [5.41, 5.74) is 3.60. The van der Waals surface area contributed by atoms with Gasteiger partial charge in [-0.05, 0) is 74.2 Å². The van der Waals surface area contributed by atoms with E-state index in [0.717, 1.165) is 28.2 Å². The summed E-state index contributed by atoms with van der Waals surface area (Å²) in [6.45, 7) is 7.43. The molecule has 0 fully saturated rings. The van der Waals surface area contributed by atoms with Crippen LogP contribution in [0.1, 0.15) is 22.3 Å². The van der Waals surface area contributed by atoms with Crippen LogP contribution in [0.4, 0.5) is 8.78 Å². The molecule has 0 saturated carbocycles. The Balaban J connectivity index is 0.000000213. The second kappa shape index (κ2) is 11.8. The predicted molar refractivity (Wildman–Crippen MR) is 111 cm³/mol. The molecule has 150 valence electrons. The molecule has 0 atom stereocenters. The summed E-state index contributed by atoms with van der Waals surface area (Å²) in [7, 11) is 3.29. The quantitative estimate of drug-likeness (QED) is 0.495. The van der Waals surface area contributed by atoms with Gasteiger partial charge in [0.15, 0.2) is 0 Å². The molecule has 4 heteroatoms. The van der Waals surface area contributed by atoms with Crippen LogP contribution in [0.5, 0.6) is 11.5 Å². The maximum Gasteiger partial charge on any atom is 0.126 e. The molecule has 0 amide bonds. The Labute approximate surface area is 166 Å². The summed E-state index contributed by atoms with van der Waals surface area (Å²) >= 11 is 0. The Hall–Kier alpha value is -2.88. The van der Waals surface area contributed by atoms with E-state index in [4.69, 9.17) is 9.47 Å². The second-order valence-electron chi connectivity index (χ2n) is 6.32. The van der Waals surface area contributed by atoms with E-state index in [1.165, 1.54) is 12.1 Å². The van der Waals surface area contributed by atoms with E-state index >= 15 is 0 Å². The average molecular weight is 386 g/mol. The van der Waals surface area contributed by atoms with Crippen molar-refractivity contribution in [1.82, 2.24) is 0 Å². The second-order valence-corrected chi connectivity index (χ2v) is 6.32. The number of methoxy groups -OCH3 is 2. The SMILES string of the molecule is COc1cc(C)cc(OC)c1.Cc1cccc(F)c1C.Cc1ccccc1F. The molecule has 2 nitrogen and oxygen atoms in total. The minimum atomic E-state index is -0.132. The van der Waals surface area contributed by atoms with Gasteiger partial charge in [0.1, 0.15) is 23.1 Å². The summed E-state index contributed by atoms with van der Waals surface area (Å²) in [5.74, 6) is 1.42. The van der Waals surface area contributed by atoms with E-state index in [2.05, 4.69) is 0 Å². The highest BCUT2D eigenvalue weighted by molar-refractivity contribution is 5.37. The molecule has 0 radical (unpaired) electrons. The third kappa shape index (κ3) is 7.78. The zero-order valence-electron chi connectivity index (χ0n) is 17.3. The lowest BCUT2D eigenvalue weighted by Gasteiger charge is -2.04. The van der Waals surface area contributed by atoms with Crippen LogP contribution in [0, 0.1) is 39.3 Å². The lowest BCUT2D eigenvalue weighted by atomic mass is 10.1. The standard InChI is InChI=1S/C9H12O2.C8H9F.C7H7F/c1-7-4-8(10-2)6-9(5-7)11-3;1-6-4-3-5-8(9)7(6)2;1-6-4-2-3-5-7(6)8/h4-6H,1-3H3;3-5H,1-2H3;2-5H,1H3. The zero-order chi connectivity index (χ0) is 21.1. The fourth-order valence-corrected chi connectivity index (χ4v) is 2.22. The summed E-state index contributed by atoms with van der Waals surface area (Å²) < 4.78 is 35.0. The van der Waals surface area contributed by atoms with Gasteiger partial charge in [0.25, 0.3) is 0 Å². The summed E-state index contributed by atoms with van der Waals surface area (Å²) in [5, 5.41) is 0.